The largest absolute Gasteiger partial charge is 1.00 e. The molecule has 2 rings (SSSR count). The van der Waals surface area contributed by atoms with Gasteiger partial charge in [-0.25, -0.2) is 0 Å². The van der Waals surface area contributed by atoms with Crippen LogP contribution in [0.5, 0.6) is 0 Å². The summed E-state index contributed by atoms with van der Waals surface area (Å²) in [6.45, 7) is 22.3. The molecule has 0 heterocycles. The summed E-state index contributed by atoms with van der Waals surface area (Å²) in [4.78, 5) is 0. The summed E-state index contributed by atoms with van der Waals surface area (Å²) in [5, 5.41) is 0. The predicted octanol–water partition coefficient (Wildman–Crippen LogP) is 6.71. The molecule has 28 heavy (non-hydrogen) atoms. The molecule has 0 nitrogen and oxygen atoms in total. The summed E-state index contributed by atoms with van der Waals surface area (Å²) >= 11 is 14.7. The topological polar surface area (TPSA) is 0 Å². The van der Waals surface area contributed by atoms with E-state index in [2.05, 4.69) is 116 Å². The average molecular weight is 799 g/mol. The van der Waals surface area contributed by atoms with E-state index in [1.54, 1.807) is 11.8 Å². The van der Waals surface area contributed by atoms with Crippen LogP contribution < -0.4 is 0 Å². The minimum atomic E-state index is 0. The molecule has 0 spiro atoms. The van der Waals surface area contributed by atoms with Gasteiger partial charge in [0.1, 0.15) is 0 Å². The van der Waals surface area contributed by atoms with Gasteiger partial charge >= 0.3 is 0 Å². The van der Waals surface area contributed by atoms with Crippen LogP contribution in [-0.4, -0.2) is 0 Å². The Morgan fingerprint density at radius 3 is 0.607 bits per heavy atom. The van der Waals surface area contributed by atoms with E-state index in [1.807, 2.05) is 0 Å². The van der Waals surface area contributed by atoms with E-state index in [0.29, 0.717) is 0 Å². The monoisotopic (exact) mass is 800 g/mol. The van der Waals surface area contributed by atoms with Gasteiger partial charge in [0, 0.05) is 40.8 Å². The first-order valence-electron chi connectivity index (χ1n) is 8.95. The van der Waals surface area contributed by atoms with Gasteiger partial charge in [-0.2, -0.15) is 0 Å². The zero-order chi connectivity index (χ0) is 21.2. The van der Waals surface area contributed by atoms with E-state index in [4.69, 9.17) is 0 Å². The molecule has 2 fully saturated rings. The summed E-state index contributed by atoms with van der Waals surface area (Å²) in [5.74, 6) is 15.1. The molecule has 0 aliphatic heterocycles. The van der Waals surface area contributed by atoms with Crippen LogP contribution in [0.2, 0.25) is 0 Å². The van der Waals surface area contributed by atoms with Crippen molar-refractivity contribution >= 4 is 46.6 Å². The molecule has 6 heteroatoms. The van der Waals surface area contributed by atoms with Crippen molar-refractivity contribution in [3.05, 3.63) is 59.2 Å². The van der Waals surface area contributed by atoms with Crippen molar-refractivity contribution < 1.29 is 40.8 Å². The van der Waals surface area contributed by atoms with Crippen LogP contribution in [-0.2, 0) is 87.5 Å². The summed E-state index contributed by atoms with van der Waals surface area (Å²) in [7, 11) is 0. The van der Waals surface area contributed by atoms with Gasteiger partial charge in [0.05, 0.1) is 0 Å². The molecule has 0 atom stereocenters. The summed E-state index contributed by atoms with van der Waals surface area (Å²) < 4.78 is 0. The third-order valence-electron chi connectivity index (χ3n) is 5.89. The number of rotatable bonds is 2. The van der Waals surface area contributed by atoms with Crippen LogP contribution in [0, 0.1) is 59.2 Å². The summed E-state index contributed by atoms with van der Waals surface area (Å²) in [5.41, 5.74) is 0. The van der Waals surface area contributed by atoms with Crippen molar-refractivity contribution in [2.75, 3.05) is 0 Å². The Morgan fingerprint density at radius 2 is 0.536 bits per heavy atom. The maximum absolute atomic E-state index is 3.67. The fourth-order valence-electron chi connectivity index (χ4n) is 3.65. The van der Waals surface area contributed by atoms with Gasteiger partial charge in [-0.05, 0) is 72.0 Å². The zero-order valence-corrected chi connectivity index (χ0v) is 27.5. The molecule has 0 aromatic heterocycles. The van der Waals surface area contributed by atoms with Gasteiger partial charge in [0.2, 0.25) is 0 Å². The molecular weight excluding hydrogens is 765 g/mol. The van der Waals surface area contributed by atoms with Gasteiger partial charge in [0.25, 0.3) is 0 Å². The fraction of sp³-hybridized carbons (Fsp3) is 0.545. The van der Waals surface area contributed by atoms with Crippen LogP contribution in [0.15, 0.2) is 0 Å². The Bertz CT molecular complexity index is 286. The van der Waals surface area contributed by atoms with Crippen LogP contribution in [0.25, 0.3) is 0 Å². The van der Waals surface area contributed by atoms with Gasteiger partial charge in [-0.15, -0.1) is 0 Å². The Kier molecular flexibility index (Phi) is 27.6. The molecule has 0 aromatic rings. The predicted molar refractivity (Wildman–Crippen MR) is 128 cm³/mol. The van der Waals surface area contributed by atoms with Crippen molar-refractivity contribution in [1.29, 1.82) is 0 Å². The second-order valence-corrected chi connectivity index (χ2v) is 6.66. The quantitative estimate of drug-likeness (QED) is 0.225. The van der Waals surface area contributed by atoms with Gasteiger partial charge in [-0.1, -0.05) is 69.2 Å². The summed E-state index contributed by atoms with van der Waals surface area (Å²) in [6, 6.07) is 0. The van der Waals surface area contributed by atoms with E-state index in [0.717, 1.165) is 0 Å². The Balaban J connectivity index is -0.000000165. The van der Waals surface area contributed by atoms with E-state index >= 15 is 0 Å². The first-order chi connectivity index (χ1) is 12.2. The molecule has 164 valence electrons. The van der Waals surface area contributed by atoms with Crippen LogP contribution in [0.1, 0.15) is 82.1 Å². The SMILES string of the molecule is CC[C]1[C](C)[C](C)[C](C)[C]1C.CC[C]1[C](C)[C](C)[C](C)[C]1C.[Re].[Re].[S-][S-].[S-][S-]. The van der Waals surface area contributed by atoms with Gasteiger partial charge in [-0.3, -0.25) is 0 Å². The Hall–Kier alpha value is 2.72. The second-order valence-electron chi connectivity index (χ2n) is 6.66. The van der Waals surface area contributed by atoms with E-state index in [-0.39, 0.29) is 40.8 Å². The number of hydrogen-bond donors (Lipinski definition) is 0. The van der Waals surface area contributed by atoms with Crippen LogP contribution in [0.4, 0.5) is 0 Å². The standard InChI is InChI=1S/2C11H17.2Re.2S2/c2*1-6-11-9(4)7(2)8(3)10(11)5;;;2*1-2/h2*6H2,1-5H3;;;;/q;;;;2*-2. The minimum absolute atomic E-state index is 0. The Morgan fingerprint density at radius 1 is 0.393 bits per heavy atom. The van der Waals surface area contributed by atoms with Gasteiger partial charge in [0.15, 0.2) is 0 Å². The molecule has 0 saturated heterocycles. The molecule has 0 amide bonds. The van der Waals surface area contributed by atoms with Crippen LogP contribution >= 0.6 is 0 Å². The molecular formula is C22H34Re2S4-4. The third kappa shape index (κ3) is 10.1. The average Bonchev–Trinajstić information content (AvgIpc) is 2.98. The van der Waals surface area contributed by atoms with Crippen molar-refractivity contribution in [1.82, 2.24) is 0 Å². The van der Waals surface area contributed by atoms with Crippen molar-refractivity contribution in [3.63, 3.8) is 0 Å². The van der Waals surface area contributed by atoms with Crippen molar-refractivity contribution in [3.8, 4) is 0 Å². The van der Waals surface area contributed by atoms with Gasteiger partial charge < -0.3 is 46.6 Å². The van der Waals surface area contributed by atoms with E-state index in [9.17, 15) is 0 Å². The van der Waals surface area contributed by atoms with E-state index < -0.39 is 0 Å². The smallest absolute Gasteiger partial charge is 0 e. The van der Waals surface area contributed by atoms with Crippen molar-refractivity contribution in [2.45, 2.75) is 82.1 Å². The van der Waals surface area contributed by atoms with E-state index in [1.165, 1.54) is 60.2 Å². The third-order valence-corrected chi connectivity index (χ3v) is 5.89. The molecule has 0 N–H and O–H groups in total. The van der Waals surface area contributed by atoms with Crippen molar-refractivity contribution in [2.24, 2.45) is 0 Å². The maximum Gasteiger partial charge on any atom is 0 e. The fourth-order valence-corrected chi connectivity index (χ4v) is 3.65. The van der Waals surface area contributed by atoms with Crippen LogP contribution in [0.3, 0.4) is 0 Å². The summed E-state index contributed by atoms with van der Waals surface area (Å²) in [6.07, 6.45) is 2.35. The molecule has 2 aliphatic carbocycles. The molecule has 0 bridgehead atoms. The molecule has 2 saturated carbocycles. The second kappa shape index (κ2) is 20.3. The Labute approximate surface area is 226 Å². The number of hydrogen-bond acceptors (Lipinski definition) is 4. The first-order valence-corrected chi connectivity index (χ1v) is 11.6. The minimum Gasteiger partial charge on any atom is -1.00 e. The first kappa shape index (κ1) is 38.0. The molecule has 12 radical (unpaired) electrons. The zero-order valence-electron chi connectivity index (χ0n) is 18.8. The normalized spacial score (nSPS) is 21.6. The molecule has 0 aromatic carbocycles. The maximum atomic E-state index is 3.67. The molecule has 2 aliphatic rings. The molecule has 0 unspecified atom stereocenters.